The average molecular weight is 264 g/mol. The second-order valence-corrected chi connectivity index (χ2v) is 6.33. The summed E-state index contributed by atoms with van der Waals surface area (Å²) in [7, 11) is 0. The summed E-state index contributed by atoms with van der Waals surface area (Å²) in [6.07, 6.45) is 5.15. The Morgan fingerprint density at radius 2 is 1.26 bits per heavy atom. The Hall–Kier alpha value is -1.32. The number of carbonyl (C=O) groups is 2. The van der Waals surface area contributed by atoms with Gasteiger partial charge in [-0.25, -0.2) is 0 Å². The minimum atomic E-state index is -0.198. The van der Waals surface area contributed by atoms with Crippen LogP contribution < -0.4 is 10.6 Å². The molecule has 0 unspecified atom stereocenters. The lowest BCUT2D eigenvalue weighted by Gasteiger charge is -2.27. The van der Waals surface area contributed by atoms with Gasteiger partial charge in [0.15, 0.2) is 0 Å². The standard InChI is InChI=1S/C15H24N2O2/c1-8(2)16-14(18)12-10-5-6-11(7-10)13(12)15(19)17-9(3)4/h5-6,8-13H,7H2,1-4H3,(H,16,18)(H,17,19)/t10-,11-,12-,13+/m0/s1. The zero-order valence-electron chi connectivity index (χ0n) is 12.1. The quantitative estimate of drug-likeness (QED) is 0.756. The summed E-state index contributed by atoms with van der Waals surface area (Å²) >= 11 is 0. The van der Waals surface area contributed by atoms with E-state index >= 15 is 0 Å². The third-order valence-corrected chi connectivity index (χ3v) is 3.93. The lowest BCUT2D eigenvalue weighted by Crippen LogP contribution is -2.46. The van der Waals surface area contributed by atoms with Crippen molar-refractivity contribution in [3.8, 4) is 0 Å². The molecule has 0 heterocycles. The Morgan fingerprint density at radius 3 is 1.58 bits per heavy atom. The normalized spacial score (nSPS) is 32.1. The fourth-order valence-electron chi connectivity index (χ4n) is 3.30. The molecule has 2 bridgehead atoms. The zero-order chi connectivity index (χ0) is 14.2. The third kappa shape index (κ3) is 2.82. The van der Waals surface area contributed by atoms with E-state index in [1.807, 2.05) is 27.7 Å². The molecule has 0 aromatic rings. The number of carbonyl (C=O) groups excluding carboxylic acids is 2. The Bertz CT molecular complexity index is 365. The molecule has 0 radical (unpaired) electrons. The monoisotopic (exact) mass is 264 g/mol. The predicted molar refractivity (Wildman–Crippen MR) is 74.3 cm³/mol. The summed E-state index contributed by atoms with van der Waals surface area (Å²) in [6, 6.07) is 0.230. The molecule has 2 N–H and O–H groups in total. The van der Waals surface area contributed by atoms with Gasteiger partial charge in [0.25, 0.3) is 0 Å². The van der Waals surface area contributed by atoms with Crippen molar-refractivity contribution in [3.63, 3.8) is 0 Å². The first-order valence-electron chi connectivity index (χ1n) is 7.19. The van der Waals surface area contributed by atoms with Gasteiger partial charge < -0.3 is 10.6 Å². The van der Waals surface area contributed by atoms with Gasteiger partial charge in [-0.05, 0) is 46.0 Å². The van der Waals surface area contributed by atoms with E-state index in [-0.39, 0.29) is 47.6 Å². The van der Waals surface area contributed by atoms with Gasteiger partial charge in [-0.15, -0.1) is 0 Å². The molecule has 106 valence electrons. The van der Waals surface area contributed by atoms with Crippen molar-refractivity contribution in [1.82, 2.24) is 10.6 Å². The molecular weight excluding hydrogens is 240 g/mol. The first-order valence-corrected chi connectivity index (χ1v) is 7.19. The van der Waals surface area contributed by atoms with Crippen LogP contribution >= 0.6 is 0 Å². The van der Waals surface area contributed by atoms with Crippen molar-refractivity contribution in [2.75, 3.05) is 0 Å². The molecule has 0 aromatic heterocycles. The highest BCUT2D eigenvalue weighted by Crippen LogP contribution is 2.48. The Balaban J connectivity index is 2.13. The van der Waals surface area contributed by atoms with Crippen LogP contribution in [-0.4, -0.2) is 23.9 Å². The predicted octanol–water partition coefficient (Wildman–Crippen LogP) is 1.47. The molecule has 1 fully saturated rings. The first-order chi connectivity index (χ1) is 8.90. The fourth-order valence-corrected chi connectivity index (χ4v) is 3.30. The van der Waals surface area contributed by atoms with Crippen molar-refractivity contribution in [2.24, 2.45) is 23.7 Å². The molecule has 4 nitrogen and oxygen atoms in total. The summed E-state index contributed by atoms with van der Waals surface area (Å²) in [6.45, 7) is 7.79. The molecule has 0 saturated heterocycles. The molecule has 2 amide bonds. The first kappa shape index (κ1) is 14.1. The lowest BCUT2D eigenvalue weighted by molar-refractivity contribution is -0.136. The van der Waals surface area contributed by atoms with Crippen LogP contribution in [0.3, 0.4) is 0 Å². The van der Waals surface area contributed by atoms with Gasteiger partial charge in [0.05, 0.1) is 11.8 Å². The van der Waals surface area contributed by atoms with Gasteiger partial charge in [0.1, 0.15) is 0 Å². The van der Waals surface area contributed by atoms with E-state index in [0.717, 1.165) is 6.42 Å². The van der Waals surface area contributed by atoms with E-state index < -0.39 is 0 Å². The van der Waals surface area contributed by atoms with Crippen molar-refractivity contribution >= 4 is 11.8 Å². The number of hydrogen-bond acceptors (Lipinski definition) is 2. The SMILES string of the molecule is CC(C)NC(=O)[C@@H]1[C@H](C(=O)NC(C)C)[C@H]2C=C[C@H]1C2. The van der Waals surface area contributed by atoms with E-state index in [9.17, 15) is 9.59 Å². The maximum atomic E-state index is 12.3. The Labute approximate surface area is 115 Å². The number of amides is 2. The van der Waals surface area contributed by atoms with Crippen LogP contribution in [0.1, 0.15) is 34.1 Å². The highest BCUT2D eigenvalue weighted by molar-refractivity contribution is 5.90. The molecule has 2 aliphatic carbocycles. The number of fused-ring (bicyclic) bond motifs is 2. The average Bonchev–Trinajstić information content (AvgIpc) is 2.85. The minimum absolute atomic E-state index is 0.0238. The van der Waals surface area contributed by atoms with Gasteiger partial charge >= 0.3 is 0 Å². The van der Waals surface area contributed by atoms with E-state index in [2.05, 4.69) is 22.8 Å². The van der Waals surface area contributed by atoms with Crippen LogP contribution in [0.4, 0.5) is 0 Å². The van der Waals surface area contributed by atoms with Gasteiger partial charge in [-0.3, -0.25) is 9.59 Å². The molecule has 0 spiro atoms. The largest absolute Gasteiger partial charge is 0.354 e. The molecule has 2 rings (SSSR count). The van der Waals surface area contributed by atoms with Crippen LogP contribution in [0.2, 0.25) is 0 Å². The summed E-state index contributed by atoms with van der Waals surface area (Å²) in [4.78, 5) is 24.6. The van der Waals surface area contributed by atoms with E-state index in [0.29, 0.717) is 0 Å². The van der Waals surface area contributed by atoms with Crippen LogP contribution in [0.5, 0.6) is 0 Å². The number of nitrogens with one attached hydrogen (secondary N) is 2. The second-order valence-electron chi connectivity index (χ2n) is 6.33. The molecule has 0 aromatic carbocycles. The van der Waals surface area contributed by atoms with Crippen LogP contribution in [0.25, 0.3) is 0 Å². The lowest BCUT2D eigenvalue weighted by atomic mass is 9.81. The maximum absolute atomic E-state index is 12.3. The van der Waals surface area contributed by atoms with E-state index in [1.165, 1.54) is 0 Å². The van der Waals surface area contributed by atoms with E-state index in [1.54, 1.807) is 0 Å². The molecule has 4 atom stereocenters. The van der Waals surface area contributed by atoms with Crippen molar-refractivity contribution in [3.05, 3.63) is 12.2 Å². The van der Waals surface area contributed by atoms with Crippen LogP contribution in [0, 0.1) is 23.7 Å². The summed E-state index contributed by atoms with van der Waals surface area (Å²) in [5.41, 5.74) is 0. The summed E-state index contributed by atoms with van der Waals surface area (Å²) in [5, 5.41) is 5.91. The fraction of sp³-hybridized carbons (Fsp3) is 0.733. The topological polar surface area (TPSA) is 58.2 Å². The Kier molecular flexibility index (Phi) is 3.97. The van der Waals surface area contributed by atoms with Crippen molar-refractivity contribution in [2.45, 2.75) is 46.2 Å². The molecule has 0 aliphatic heterocycles. The van der Waals surface area contributed by atoms with Crippen molar-refractivity contribution in [1.29, 1.82) is 0 Å². The van der Waals surface area contributed by atoms with Crippen molar-refractivity contribution < 1.29 is 9.59 Å². The second kappa shape index (κ2) is 5.35. The molecule has 19 heavy (non-hydrogen) atoms. The summed E-state index contributed by atoms with van der Waals surface area (Å²) < 4.78 is 0. The molecule has 4 heteroatoms. The minimum Gasteiger partial charge on any atom is -0.354 e. The number of allylic oxidation sites excluding steroid dienone is 2. The number of hydrogen-bond donors (Lipinski definition) is 2. The van der Waals surface area contributed by atoms with Gasteiger partial charge in [-0.1, -0.05) is 12.2 Å². The van der Waals surface area contributed by atoms with Gasteiger partial charge in [-0.2, -0.15) is 0 Å². The van der Waals surface area contributed by atoms with Crippen LogP contribution in [-0.2, 0) is 9.59 Å². The number of rotatable bonds is 4. The summed E-state index contributed by atoms with van der Waals surface area (Å²) in [5.74, 6) is 0.108. The smallest absolute Gasteiger partial charge is 0.224 e. The van der Waals surface area contributed by atoms with Crippen LogP contribution in [0.15, 0.2) is 12.2 Å². The van der Waals surface area contributed by atoms with Gasteiger partial charge in [0.2, 0.25) is 11.8 Å². The highest BCUT2D eigenvalue weighted by atomic mass is 16.2. The molecular formula is C15H24N2O2. The third-order valence-electron chi connectivity index (χ3n) is 3.93. The molecule has 2 aliphatic rings. The Morgan fingerprint density at radius 1 is 0.895 bits per heavy atom. The zero-order valence-corrected chi connectivity index (χ0v) is 12.1. The van der Waals surface area contributed by atoms with E-state index in [4.69, 9.17) is 0 Å². The highest BCUT2D eigenvalue weighted by Gasteiger charge is 2.51. The maximum Gasteiger partial charge on any atom is 0.224 e. The van der Waals surface area contributed by atoms with Gasteiger partial charge in [0, 0.05) is 12.1 Å². The molecule has 1 saturated carbocycles.